The predicted octanol–water partition coefficient (Wildman–Crippen LogP) is 4.47. The number of esters is 1. The summed E-state index contributed by atoms with van der Waals surface area (Å²) in [5.74, 6) is 0.930. The summed E-state index contributed by atoms with van der Waals surface area (Å²) in [4.78, 5) is 18.7. The minimum absolute atomic E-state index is 0.360. The van der Waals surface area contributed by atoms with E-state index in [1.165, 1.54) is 24.5 Å². The Labute approximate surface area is 179 Å². The fourth-order valence-corrected chi connectivity index (χ4v) is 3.79. The number of hydrogen-bond acceptors (Lipinski definition) is 5. The number of carbonyl (C=O) groups excluding carboxylic acids is 1. The lowest BCUT2D eigenvalue weighted by Crippen LogP contribution is -2.34. The first-order valence-corrected chi connectivity index (χ1v) is 10.7. The van der Waals surface area contributed by atoms with Crippen molar-refractivity contribution in [1.29, 1.82) is 0 Å². The molecule has 0 saturated carbocycles. The fourth-order valence-electron chi connectivity index (χ4n) is 3.79. The molecule has 1 aliphatic rings. The normalized spacial score (nSPS) is 16.1. The van der Waals surface area contributed by atoms with E-state index < -0.39 is 5.60 Å². The molecule has 2 heterocycles. The molecular formula is C25H33N3O2. The molecule has 1 aromatic carbocycles. The number of rotatable bonds is 6. The van der Waals surface area contributed by atoms with E-state index in [-0.39, 0.29) is 5.97 Å². The number of benzene rings is 1. The number of nitrogens with zero attached hydrogens (tertiary/aromatic N) is 2. The van der Waals surface area contributed by atoms with Crippen molar-refractivity contribution >= 4 is 17.9 Å². The van der Waals surface area contributed by atoms with Gasteiger partial charge in [0.25, 0.3) is 0 Å². The summed E-state index contributed by atoms with van der Waals surface area (Å²) in [5, 5.41) is 0. The molecule has 1 fully saturated rings. The number of aromatic nitrogens is 1. The van der Waals surface area contributed by atoms with Crippen LogP contribution < -0.4 is 5.73 Å². The predicted molar refractivity (Wildman–Crippen MR) is 122 cm³/mol. The van der Waals surface area contributed by atoms with Crippen LogP contribution in [0.3, 0.4) is 0 Å². The van der Waals surface area contributed by atoms with E-state index in [1.807, 2.05) is 26.8 Å². The molecule has 2 aromatic rings. The minimum atomic E-state index is -0.501. The molecule has 5 heteroatoms. The van der Waals surface area contributed by atoms with Gasteiger partial charge in [0.2, 0.25) is 0 Å². The average Bonchev–Trinajstić information content (AvgIpc) is 2.69. The third-order valence-corrected chi connectivity index (χ3v) is 5.31. The van der Waals surface area contributed by atoms with Crippen LogP contribution in [0.4, 0.5) is 5.82 Å². The van der Waals surface area contributed by atoms with Gasteiger partial charge in [-0.1, -0.05) is 30.3 Å². The zero-order valence-corrected chi connectivity index (χ0v) is 18.3. The zero-order chi connectivity index (χ0) is 21.6. The number of hydrogen-bond donors (Lipinski definition) is 1. The summed E-state index contributed by atoms with van der Waals surface area (Å²) in [5.41, 5.74) is 8.90. The molecule has 5 nitrogen and oxygen atoms in total. The Hall–Kier alpha value is -2.66. The van der Waals surface area contributed by atoms with E-state index in [0.717, 1.165) is 43.1 Å². The van der Waals surface area contributed by atoms with Crippen molar-refractivity contribution in [3.05, 3.63) is 65.4 Å². The van der Waals surface area contributed by atoms with Gasteiger partial charge in [0, 0.05) is 24.4 Å². The molecule has 1 saturated heterocycles. The average molecular weight is 408 g/mol. The zero-order valence-electron chi connectivity index (χ0n) is 18.3. The van der Waals surface area contributed by atoms with E-state index in [0.29, 0.717) is 5.82 Å². The molecule has 1 aliphatic heterocycles. The van der Waals surface area contributed by atoms with Crippen LogP contribution in [0.25, 0.3) is 6.08 Å². The molecule has 2 N–H and O–H groups in total. The van der Waals surface area contributed by atoms with Crippen molar-refractivity contribution in [3.63, 3.8) is 0 Å². The monoisotopic (exact) mass is 407 g/mol. The third-order valence-electron chi connectivity index (χ3n) is 5.31. The lowest BCUT2D eigenvalue weighted by atomic mass is 9.90. The Balaban J connectivity index is 1.54. The van der Waals surface area contributed by atoms with Gasteiger partial charge in [0.15, 0.2) is 0 Å². The quantitative estimate of drug-likeness (QED) is 0.565. The number of nitrogen functional groups attached to an aromatic ring is 1. The van der Waals surface area contributed by atoms with Gasteiger partial charge in [-0.15, -0.1) is 0 Å². The molecule has 0 spiro atoms. The highest BCUT2D eigenvalue weighted by Gasteiger charge is 2.20. The summed E-state index contributed by atoms with van der Waals surface area (Å²) in [6.45, 7) is 8.47. The van der Waals surface area contributed by atoms with Crippen LogP contribution in [-0.4, -0.2) is 34.5 Å². The number of likely N-dealkylation sites (tertiary alicyclic amines) is 1. The molecule has 160 valence electrons. The molecular weight excluding hydrogens is 374 g/mol. The third kappa shape index (κ3) is 6.99. The van der Waals surface area contributed by atoms with Gasteiger partial charge in [0.05, 0.1) is 0 Å². The van der Waals surface area contributed by atoms with E-state index in [4.69, 9.17) is 10.5 Å². The highest BCUT2D eigenvalue weighted by atomic mass is 16.6. The summed E-state index contributed by atoms with van der Waals surface area (Å²) in [7, 11) is 0. The first-order valence-electron chi connectivity index (χ1n) is 10.7. The summed E-state index contributed by atoms with van der Waals surface area (Å²) < 4.78 is 5.31. The van der Waals surface area contributed by atoms with E-state index >= 15 is 0 Å². The number of carbonyl (C=O) groups is 1. The van der Waals surface area contributed by atoms with Crippen molar-refractivity contribution in [3.8, 4) is 0 Å². The Morgan fingerprint density at radius 3 is 2.60 bits per heavy atom. The molecule has 0 aliphatic carbocycles. The number of ether oxygens (including phenoxy) is 1. The Bertz CT molecular complexity index is 864. The van der Waals surface area contributed by atoms with Crippen molar-refractivity contribution in [2.75, 3.05) is 18.8 Å². The van der Waals surface area contributed by atoms with Gasteiger partial charge in [-0.3, -0.25) is 4.90 Å². The van der Waals surface area contributed by atoms with Crippen molar-refractivity contribution in [2.24, 2.45) is 5.92 Å². The second kappa shape index (κ2) is 9.90. The molecule has 0 atom stereocenters. The number of pyridine rings is 1. The molecule has 30 heavy (non-hydrogen) atoms. The van der Waals surface area contributed by atoms with Crippen LogP contribution >= 0.6 is 0 Å². The van der Waals surface area contributed by atoms with Gasteiger partial charge in [0.1, 0.15) is 11.4 Å². The van der Waals surface area contributed by atoms with Crippen molar-refractivity contribution < 1.29 is 9.53 Å². The SMILES string of the molecule is CC(C)(C)OC(=O)C=Cc1cnc(N)c(CN2CCC(Cc3ccccc3)CC2)c1. The number of anilines is 1. The molecule has 3 rings (SSSR count). The largest absolute Gasteiger partial charge is 0.457 e. The topological polar surface area (TPSA) is 68.4 Å². The van der Waals surface area contributed by atoms with E-state index in [9.17, 15) is 4.79 Å². The fraction of sp³-hybridized carbons (Fsp3) is 0.440. The highest BCUT2D eigenvalue weighted by Crippen LogP contribution is 2.24. The minimum Gasteiger partial charge on any atom is -0.457 e. The van der Waals surface area contributed by atoms with Crippen LogP contribution in [0.2, 0.25) is 0 Å². The second-order valence-electron chi connectivity index (χ2n) is 9.09. The van der Waals surface area contributed by atoms with Gasteiger partial charge in [-0.05, 0) is 82.3 Å². The van der Waals surface area contributed by atoms with E-state index in [1.54, 1.807) is 12.3 Å². The summed E-state index contributed by atoms with van der Waals surface area (Å²) >= 11 is 0. The highest BCUT2D eigenvalue weighted by molar-refractivity contribution is 5.87. The van der Waals surface area contributed by atoms with E-state index in [2.05, 4.69) is 40.2 Å². The molecule has 1 aromatic heterocycles. The van der Waals surface area contributed by atoms with Gasteiger partial charge < -0.3 is 10.5 Å². The molecule has 0 amide bonds. The van der Waals surface area contributed by atoms with Crippen LogP contribution in [0.15, 0.2) is 48.7 Å². The van der Waals surface area contributed by atoms with Crippen LogP contribution in [0.1, 0.15) is 50.3 Å². The van der Waals surface area contributed by atoms with Crippen molar-refractivity contribution in [1.82, 2.24) is 9.88 Å². The maximum atomic E-state index is 11.9. The number of nitrogens with two attached hydrogens (primary N) is 1. The van der Waals surface area contributed by atoms with Crippen LogP contribution in [-0.2, 0) is 22.5 Å². The van der Waals surface area contributed by atoms with Gasteiger partial charge in [-0.25, -0.2) is 9.78 Å². The molecule has 0 unspecified atom stereocenters. The maximum Gasteiger partial charge on any atom is 0.331 e. The van der Waals surface area contributed by atoms with Crippen LogP contribution in [0, 0.1) is 5.92 Å². The maximum absolute atomic E-state index is 11.9. The second-order valence-corrected chi connectivity index (χ2v) is 9.09. The molecule has 0 bridgehead atoms. The Kier molecular flexibility index (Phi) is 7.27. The first kappa shape index (κ1) is 22.0. The standard InChI is InChI=1S/C25H33N3O2/c1-25(2,3)30-23(29)10-9-21-16-22(24(26)27-17-21)18-28-13-11-20(12-14-28)15-19-7-5-4-6-8-19/h4-10,16-17,20H,11-15,18H2,1-3H3,(H2,26,27). The Morgan fingerprint density at radius 1 is 1.23 bits per heavy atom. The summed E-state index contributed by atoms with van der Waals surface area (Å²) in [6, 6.07) is 12.7. The number of piperidine rings is 1. The van der Waals surface area contributed by atoms with Gasteiger partial charge >= 0.3 is 5.97 Å². The lowest BCUT2D eigenvalue weighted by molar-refractivity contribution is -0.148. The summed E-state index contributed by atoms with van der Waals surface area (Å²) in [6.07, 6.45) is 8.41. The first-order chi connectivity index (χ1) is 14.3. The molecule has 0 radical (unpaired) electrons. The lowest BCUT2D eigenvalue weighted by Gasteiger charge is -2.32. The van der Waals surface area contributed by atoms with Crippen molar-refractivity contribution in [2.45, 2.75) is 52.2 Å². The smallest absolute Gasteiger partial charge is 0.331 e. The Morgan fingerprint density at radius 2 is 1.93 bits per heavy atom. The van der Waals surface area contributed by atoms with Gasteiger partial charge in [-0.2, -0.15) is 0 Å². The van der Waals surface area contributed by atoms with Crippen LogP contribution in [0.5, 0.6) is 0 Å².